The monoisotopic (exact) mass is 808 g/mol. The Balaban J connectivity index is 1.16. The Morgan fingerprint density at radius 3 is 2.11 bits per heavy atom. The van der Waals surface area contributed by atoms with Gasteiger partial charge in [-0.1, -0.05) is 60.1 Å². The first kappa shape index (κ1) is 43.4. The normalized spacial score (nSPS) is 51.6. The summed E-state index contributed by atoms with van der Waals surface area (Å²) in [7, 11) is 1.13. The summed E-state index contributed by atoms with van der Waals surface area (Å²) in [6.45, 7) is 15.6. The first-order chi connectivity index (χ1) is 26.5. The highest BCUT2D eigenvalue weighted by Crippen LogP contribution is 2.76. The number of hydrogen-bond donors (Lipinski definition) is 7. The minimum Gasteiger partial charge on any atom is -0.481 e. The number of methoxy groups -OCH3 is 1. The van der Waals surface area contributed by atoms with Gasteiger partial charge in [-0.15, -0.1) is 0 Å². The summed E-state index contributed by atoms with van der Waals surface area (Å²) in [6.07, 6.45) is -6.09. The molecule has 57 heavy (non-hydrogen) atoms. The van der Waals surface area contributed by atoms with E-state index in [0.717, 1.165) is 58.5 Å². The van der Waals surface area contributed by atoms with E-state index < -0.39 is 96.9 Å². The Kier molecular flexibility index (Phi) is 11.2. The van der Waals surface area contributed by atoms with Crippen LogP contribution in [0.3, 0.4) is 0 Å². The fourth-order valence-electron chi connectivity index (χ4n) is 13.7. The second kappa shape index (κ2) is 14.7. The smallest absolute Gasteiger partial charge is 0.337 e. The second-order valence-corrected chi connectivity index (χ2v) is 20.9. The van der Waals surface area contributed by atoms with Crippen LogP contribution in [-0.2, 0) is 33.3 Å². The van der Waals surface area contributed by atoms with E-state index in [-0.39, 0.29) is 33.5 Å². The molecule has 14 heteroatoms. The molecule has 18 atom stereocenters. The fraction of sp³-hybridized carbons (Fsp3) is 0.907. The van der Waals surface area contributed by atoms with Crippen LogP contribution in [0.5, 0.6) is 0 Å². The zero-order valence-corrected chi connectivity index (χ0v) is 34.9. The van der Waals surface area contributed by atoms with E-state index in [1.807, 2.05) is 0 Å². The van der Waals surface area contributed by atoms with Gasteiger partial charge < -0.3 is 59.4 Å². The third-order valence-electron chi connectivity index (χ3n) is 17.4. The molecular weight excluding hydrogens is 740 g/mol. The van der Waals surface area contributed by atoms with Gasteiger partial charge in [0.2, 0.25) is 0 Å². The van der Waals surface area contributed by atoms with Gasteiger partial charge >= 0.3 is 11.9 Å². The Hall–Kier alpha value is -1.72. The Labute approximate surface area is 336 Å². The third-order valence-corrected chi connectivity index (χ3v) is 17.4. The fourth-order valence-corrected chi connectivity index (χ4v) is 13.7. The number of fused-ring (bicyclic) bond motifs is 7. The van der Waals surface area contributed by atoms with Gasteiger partial charge in [0, 0.05) is 0 Å². The summed E-state index contributed by atoms with van der Waals surface area (Å²) in [6, 6.07) is 0. The average molecular weight is 809 g/mol. The molecule has 0 aromatic carbocycles. The molecule has 0 aromatic heterocycles. The van der Waals surface area contributed by atoms with Crippen LogP contribution in [0.25, 0.3) is 0 Å². The van der Waals surface area contributed by atoms with Gasteiger partial charge in [0.25, 0.3) is 0 Å². The molecular formula is C43H68O14. The zero-order valence-electron chi connectivity index (χ0n) is 34.9. The van der Waals surface area contributed by atoms with Crippen LogP contribution in [0.1, 0.15) is 113 Å². The van der Waals surface area contributed by atoms with Crippen molar-refractivity contribution in [3.63, 3.8) is 0 Å². The highest BCUT2D eigenvalue weighted by atomic mass is 16.8. The molecule has 6 fully saturated rings. The van der Waals surface area contributed by atoms with Crippen molar-refractivity contribution in [2.45, 2.75) is 180 Å². The number of allylic oxidation sites excluding steroid dienone is 2. The minimum atomic E-state index is -1.81. The Morgan fingerprint density at radius 2 is 1.46 bits per heavy atom. The first-order valence-corrected chi connectivity index (χ1v) is 21.2. The second-order valence-electron chi connectivity index (χ2n) is 20.9. The molecule has 0 radical (unpaired) electrons. The molecule has 14 nitrogen and oxygen atoms in total. The van der Waals surface area contributed by atoms with Crippen LogP contribution in [0.4, 0.5) is 0 Å². The molecule has 2 saturated heterocycles. The molecule has 7 N–H and O–H groups in total. The van der Waals surface area contributed by atoms with Crippen molar-refractivity contribution in [2.75, 3.05) is 13.7 Å². The number of esters is 1. The van der Waals surface area contributed by atoms with E-state index in [1.54, 1.807) is 0 Å². The molecule has 324 valence electrons. The van der Waals surface area contributed by atoms with Crippen molar-refractivity contribution in [3.05, 3.63) is 11.6 Å². The van der Waals surface area contributed by atoms with Gasteiger partial charge in [-0.2, -0.15) is 0 Å². The molecule has 5 aliphatic carbocycles. The maximum Gasteiger partial charge on any atom is 0.337 e. The highest BCUT2D eigenvalue weighted by molar-refractivity contribution is 5.77. The Morgan fingerprint density at radius 1 is 0.772 bits per heavy atom. The number of carboxylic acid groups (broad SMARTS) is 1. The third kappa shape index (κ3) is 6.48. The molecule has 7 rings (SSSR count). The molecule has 2 heterocycles. The first-order valence-electron chi connectivity index (χ1n) is 21.2. The molecule has 0 unspecified atom stereocenters. The van der Waals surface area contributed by atoms with Crippen molar-refractivity contribution in [3.8, 4) is 0 Å². The van der Waals surface area contributed by atoms with Crippen LogP contribution >= 0.6 is 0 Å². The predicted molar refractivity (Wildman–Crippen MR) is 203 cm³/mol. The molecule has 0 bridgehead atoms. The number of carboxylic acids is 1. The van der Waals surface area contributed by atoms with E-state index in [0.29, 0.717) is 18.8 Å². The van der Waals surface area contributed by atoms with Gasteiger partial charge in [0.1, 0.15) is 42.7 Å². The molecule has 0 amide bonds. The molecule has 4 saturated carbocycles. The van der Waals surface area contributed by atoms with Crippen molar-refractivity contribution < 1.29 is 69.0 Å². The number of aliphatic hydroxyl groups is 6. The van der Waals surface area contributed by atoms with Crippen LogP contribution in [0, 0.1) is 50.2 Å². The predicted octanol–water partition coefficient (Wildman–Crippen LogP) is 3.06. The van der Waals surface area contributed by atoms with Crippen LogP contribution in [-0.4, -0.2) is 129 Å². The van der Waals surface area contributed by atoms with E-state index in [2.05, 4.69) is 54.5 Å². The number of aliphatic carboxylic acids is 1. The summed E-state index contributed by atoms with van der Waals surface area (Å²) < 4.78 is 29.3. The maximum absolute atomic E-state index is 13.1. The summed E-state index contributed by atoms with van der Waals surface area (Å²) in [4.78, 5) is 25.9. The zero-order chi connectivity index (χ0) is 41.8. The van der Waals surface area contributed by atoms with Crippen molar-refractivity contribution in [1.29, 1.82) is 0 Å². The highest BCUT2D eigenvalue weighted by Gasteiger charge is 2.70. The number of hydrogen-bond acceptors (Lipinski definition) is 13. The topological polar surface area (TPSA) is 222 Å². The minimum absolute atomic E-state index is 0.0257. The largest absolute Gasteiger partial charge is 0.481 e. The van der Waals surface area contributed by atoms with Crippen LogP contribution < -0.4 is 0 Å². The maximum atomic E-state index is 13.1. The standard InChI is InChI=1S/C43H68O14/c1-38(2)15-17-43(37(51)52)18-16-41(6)21(22(43)19-38)9-10-25-40(5)13-12-26(39(3,4)24(40)11-14-42(25,41)7)55-36-33(30(48)29(47)32(56-36)34(50)53-8)57-35-31(49)28(46)27(45)23(20-44)54-35/h9,22-33,35-36,44-49H,10-20H2,1-8H3,(H,51,52)/t22-,23+,24-,25+,26-,27+,28-,29-,30-,31+,32-,33+,35-,36+,40-,41+,42+,43-/m0/s1. The van der Waals surface area contributed by atoms with Gasteiger partial charge in [0.15, 0.2) is 18.7 Å². The van der Waals surface area contributed by atoms with Crippen LogP contribution in [0.2, 0.25) is 0 Å². The van der Waals surface area contributed by atoms with Gasteiger partial charge in [-0.25, -0.2) is 4.79 Å². The number of ether oxygens (including phenoxy) is 5. The Bertz CT molecular complexity index is 1580. The molecule has 2 aliphatic heterocycles. The summed E-state index contributed by atoms with van der Waals surface area (Å²) in [5.41, 5.74) is 0.00600. The number of rotatable bonds is 7. The summed E-state index contributed by atoms with van der Waals surface area (Å²) >= 11 is 0. The lowest BCUT2D eigenvalue weighted by Crippen LogP contribution is -2.67. The summed E-state index contributed by atoms with van der Waals surface area (Å²) in [5.74, 6) is -1.02. The number of carbonyl (C=O) groups excluding carboxylic acids is 1. The van der Waals surface area contributed by atoms with Crippen molar-refractivity contribution in [2.24, 2.45) is 50.2 Å². The van der Waals surface area contributed by atoms with E-state index in [1.165, 1.54) is 5.57 Å². The lowest BCUT2D eigenvalue weighted by atomic mass is 9.33. The quantitative estimate of drug-likeness (QED) is 0.112. The number of aliphatic hydroxyl groups excluding tert-OH is 6. The van der Waals surface area contributed by atoms with Gasteiger partial charge in [-0.05, 0) is 109 Å². The lowest BCUT2D eigenvalue weighted by molar-refractivity contribution is -0.374. The van der Waals surface area contributed by atoms with Gasteiger partial charge in [-0.3, -0.25) is 4.79 Å². The van der Waals surface area contributed by atoms with E-state index in [4.69, 9.17) is 23.7 Å². The van der Waals surface area contributed by atoms with E-state index in [9.17, 15) is 45.3 Å². The molecule has 7 aliphatic rings. The average Bonchev–Trinajstić information content (AvgIpc) is 3.15. The molecule has 0 spiro atoms. The SMILES string of the molecule is COC(=O)[C@H]1O[C@@H](O[C@H]2CC[C@]3(C)[C@H]4CC=C5[C@@H]6CC(C)(C)CC[C@]6(C(=O)O)CC[C@@]5(C)[C@]4(C)CC[C@H]3C2(C)C)[C@H](O[C@@H]2O[C@H](CO)[C@@H](O)[C@H](O)[C@H]2O)[C@@H](O)[C@@H]1O. The van der Waals surface area contributed by atoms with Crippen LogP contribution in [0.15, 0.2) is 11.6 Å². The lowest BCUT2D eigenvalue weighted by Gasteiger charge is -2.71. The van der Waals surface area contributed by atoms with Gasteiger partial charge in [0.05, 0.1) is 25.2 Å². The summed E-state index contributed by atoms with van der Waals surface area (Å²) in [5, 5.41) is 74.5. The van der Waals surface area contributed by atoms with Crippen molar-refractivity contribution in [1.82, 2.24) is 0 Å². The van der Waals surface area contributed by atoms with Crippen molar-refractivity contribution >= 4 is 11.9 Å². The number of carbonyl (C=O) groups is 2. The molecule has 0 aromatic rings. The van der Waals surface area contributed by atoms with E-state index >= 15 is 0 Å².